The van der Waals surface area contributed by atoms with Crippen molar-refractivity contribution in [3.05, 3.63) is 105 Å². The molecule has 4 bridgehead atoms. The number of rotatable bonds is 10. The van der Waals surface area contributed by atoms with E-state index in [0.29, 0.717) is 11.3 Å². The normalized spacial score (nSPS) is 25.9. The van der Waals surface area contributed by atoms with Gasteiger partial charge >= 0.3 is 11.9 Å². The molecule has 2 amide bonds. The fourth-order valence-electron chi connectivity index (χ4n) is 9.10. The summed E-state index contributed by atoms with van der Waals surface area (Å²) in [6, 6.07) is 17.4. The second-order valence-electron chi connectivity index (χ2n) is 13.9. The van der Waals surface area contributed by atoms with Crippen LogP contribution in [0.3, 0.4) is 0 Å². The lowest BCUT2D eigenvalue weighted by molar-refractivity contribution is -0.730. The van der Waals surface area contributed by atoms with Crippen molar-refractivity contribution in [2.75, 3.05) is 11.9 Å². The second kappa shape index (κ2) is 12.1. The number of allylic oxidation sites excluding steroid dienone is 1. The Hall–Kier alpha value is -4.80. The number of para-hydroxylation sites is 1. The van der Waals surface area contributed by atoms with E-state index in [0.717, 1.165) is 41.5 Å². The molecule has 2 atom stereocenters. The van der Waals surface area contributed by atoms with Crippen molar-refractivity contribution in [3.8, 4) is 0 Å². The van der Waals surface area contributed by atoms with E-state index < -0.39 is 29.7 Å². The molecule has 4 aliphatic carbocycles. The number of carbonyl (C=O) groups excluding carboxylic acids is 2. The van der Waals surface area contributed by atoms with Crippen LogP contribution in [0, 0.1) is 28.4 Å². The SMILES string of the molecule is O=C(O)c1cc(NC(=O)C(CNC(=O)c2cccc3c2[NH+]([O-])C(CC24CC5CC(CC(C5)C2)C4)=C3)c2ccccc2)cc(C(=O)O)c1. The molecule has 2 unspecified atom stereocenters. The number of quaternary nitrogens is 1. The third kappa shape index (κ3) is 6.06. The third-order valence-corrected chi connectivity index (χ3v) is 10.6. The zero-order valence-electron chi connectivity index (χ0n) is 25.8. The molecule has 4 fully saturated rings. The standard InChI is InChI=1S/C37H37N3O7/c41-33(30-8-4-7-25-15-29(40(47)32(25)30)19-37-16-21-9-22(17-37)11-23(10-21)18-37)38-20-31(24-5-2-1-3-6-24)34(42)39-28-13-26(35(43)44)12-27(14-28)36(45)46/h1-8,12-15,21-23,31,40H,9-11,16-20H2,(H,38,41)(H,39,42)(H,43,44)(H,45,46). The van der Waals surface area contributed by atoms with Gasteiger partial charge in [0.1, 0.15) is 11.3 Å². The van der Waals surface area contributed by atoms with Gasteiger partial charge < -0.3 is 31.1 Å². The van der Waals surface area contributed by atoms with Crippen LogP contribution in [0.5, 0.6) is 0 Å². The molecule has 1 heterocycles. The van der Waals surface area contributed by atoms with Gasteiger partial charge in [-0.25, -0.2) is 9.59 Å². The molecule has 47 heavy (non-hydrogen) atoms. The Morgan fingerprint density at radius 2 is 1.47 bits per heavy atom. The Morgan fingerprint density at radius 1 is 0.851 bits per heavy atom. The number of amides is 2. The number of nitrogens with one attached hydrogen (secondary N) is 3. The molecule has 0 aromatic heterocycles. The van der Waals surface area contributed by atoms with Gasteiger partial charge in [0.25, 0.3) is 5.91 Å². The first-order valence-electron chi connectivity index (χ1n) is 16.2. The Kier molecular flexibility index (Phi) is 7.93. The van der Waals surface area contributed by atoms with Crippen LogP contribution in [-0.2, 0) is 4.79 Å². The quantitative estimate of drug-likeness (QED) is 0.191. The summed E-state index contributed by atoms with van der Waals surface area (Å²) in [5.41, 5.74) is 2.39. The van der Waals surface area contributed by atoms with Crippen LogP contribution in [0.15, 0.2) is 72.4 Å². The Morgan fingerprint density at radius 3 is 2.06 bits per heavy atom. The fraction of sp³-hybridized carbons (Fsp3) is 0.351. The highest BCUT2D eigenvalue weighted by atomic mass is 16.5. The molecule has 242 valence electrons. The summed E-state index contributed by atoms with van der Waals surface area (Å²) in [5.74, 6) is -2.30. The molecule has 5 N–H and O–H groups in total. The van der Waals surface area contributed by atoms with E-state index in [1.165, 1.54) is 50.7 Å². The van der Waals surface area contributed by atoms with Crippen LogP contribution in [0.4, 0.5) is 11.4 Å². The number of carboxylic acid groups (broad SMARTS) is 2. The van der Waals surface area contributed by atoms with Crippen molar-refractivity contribution >= 4 is 41.2 Å². The molecular weight excluding hydrogens is 598 g/mol. The summed E-state index contributed by atoms with van der Waals surface area (Å²) in [7, 11) is 0. The lowest BCUT2D eigenvalue weighted by Crippen LogP contribution is -2.99. The lowest BCUT2D eigenvalue weighted by atomic mass is 9.48. The van der Waals surface area contributed by atoms with Crippen LogP contribution < -0.4 is 15.7 Å². The van der Waals surface area contributed by atoms with Crippen LogP contribution in [-0.4, -0.2) is 40.5 Å². The number of anilines is 1. The minimum absolute atomic E-state index is 0.00339. The van der Waals surface area contributed by atoms with E-state index in [-0.39, 0.29) is 39.4 Å². The first-order valence-corrected chi connectivity index (χ1v) is 16.2. The van der Waals surface area contributed by atoms with Crippen LogP contribution in [0.25, 0.3) is 6.08 Å². The monoisotopic (exact) mass is 635 g/mol. The zero-order chi connectivity index (χ0) is 32.9. The Labute approximate surface area is 272 Å². The second-order valence-corrected chi connectivity index (χ2v) is 13.9. The van der Waals surface area contributed by atoms with Gasteiger partial charge in [-0.05, 0) is 97.6 Å². The molecule has 3 aromatic carbocycles. The summed E-state index contributed by atoms with van der Waals surface area (Å²) in [6.45, 7) is -0.121. The number of carbonyl (C=O) groups is 4. The summed E-state index contributed by atoms with van der Waals surface area (Å²) < 4.78 is 0. The number of fused-ring (bicyclic) bond motifs is 1. The Bertz CT molecular complexity index is 1730. The number of hydroxylamine groups is 1. The van der Waals surface area contributed by atoms with Crippen molar-refractivity contribution in [1.29, 1.82) is 0 Å². The number of hydrogen-bond acceptors (Lipinski definition) is 5. The van der Waals surface area contributed by atoms with Gasteiger partial charge in [-0.2, -0.15) is 0 Å². The first-order chi connectivity index (χ1) is 22.6. The third-order valence-electron chi connectivity index (χ3n) is 10.6. The van der Waals surface area contributed by atoms with E-state index in [2.05, 4.69) is 10.6 Å². The van der Waals surface area contributed by atoms with Crippen molar-refractivity contribution < 1.29 is 34.5 Å². The summed E-state index contributed by atoms with van der Waals surface area (Å²) >= 11 is 0. The first kappa shape index (κ1) is 30.8. The molecule has 4 saturated carbocycles. The minimum atomic E-state index is -1.34. The highest BCUT2D eigenvalue weighted by Crippen LogP contribution is 2.62. The lowest BCUT2D eigenvalue weighted by Gasteiger charge is -2.57. The molecule has 5 aliphatic rings. The number of hydrogen-bond donors (Lipinski definition) is 5. The van der Waals surface area contributed by atoms with Crippen LogP contribution in [0.2, 0.25) is 0 Å². The van der Waals surface area contributed by atoms with Crippen LogP contribution >= 0.6 is 0 Å². The highest BCUT2D eigenvalue weighted by molar-refractivity contribution is 6.02. The van der Waals surface area contributed by atoms with E-state index in [9.17, 15) is 34.6 Å². The topological polar surface area (TPSA) is 160 Å². The zero-order valence-corrected chi connectivity index (χ0v) is 25.8. The van der Waals surface area contributed by atoms with Gasteiger partial charge in [-0.15, -0.1) is 0 Å². The minimum Gasteiger partial charge on any atom is -0.624 e. The van der Waals surface area contributed by atoms with E-state index in [1.54, 1.807) is 42.5 Å². The summed E-state index contributed by atoms with van der Waals surface area (Å²) in [4.78, 5) is 50.4. The largest absolute Gasteiger partial charge is 0.624 e. The average molecular weight is 636 g/mol. The van der Waals surface area contributed by atoms with Crippen molar-refractivity contribution in [2.24, 2.45) is 23.2 Å². The molecule has 0 spiro atoms. The number of aromatic carboxylic acids is 2. The van der Waals surface area contributed by atoms with Gasteiger partial charge in [0.15, 0.2) is 5.69 Å². The molecule has 1 aliphatic heterocycles. The van der Waals surface area contributed by atoms with Gasteiger partial charge in [0.2, 0.25) is 5.91 Å². The smallest absolute Gasteiger partial charge is 0.335 e. The van der Waals surface area contributed by atoms with Gasteiger partial charge in [0, 0.05) is 30.3 Å². The Balaban J connectivity index is 1.08. The maximum atomic E-state index is 13.9. The molecule has 0 radical (unpaired) electrons. The maximum absolute atomic E-state index is 13.9. The van der Waals surface area contributed by atoms with Gasteiger partial charge in [0.05, 0.1) is 17.0 Å². The predicted octanol–water partition coefficient (Wildman–Crippen LogP) is 5.21. The van der Waals surface area contributed by atoms with E-state index >= 15 is 0 Å². The maximum Gasteiger partial charge on any atom is 0.335 e. The summed E-state index contributed by atoms with van der Waals surface area (Å²) in [5, 5.41) is 38.2. The van der Waals surface area contributed by atoms with Gasteiger partial charge in [-0.1, -0.05) is 36.4 Å². The fourth-order valence-corrected chi connectivity index (χ4v) is 9.10. The number of carboxylic acids is 2. The molecule has 3 aromatic rings. The van der Waals surface area contributed by atoms with E-state index in [1.807, 2.05) is 12.1 Å². The highest BCUT2D eigenvalue weighted by Gasteiger charge is 2.52. The molecule has 10 heteroatoms. The predicted molar refractivity (Wildman–Crippen MR) is 174 cm³/mol. The van der Waals surface area contributed by atoms with Crippen molar-refractivity contribution in [3.63, 3.8) is 0 Å². The summed E-state index contributed by atoms with van der Waals surface area (Å²) in [6.07, 6.45) is 10.3. The van der Waals surface area contributed by atoms with E-state index in [4.69, 9.17) is 0 Å². The number of benzene rings is 3. The van der Waals surface area contributed by atoms with Crippen molar-refractivity contribution in [1.82, 2.24) is 5.32 Å². The molecule has 0 saturated heterocycles. The average Bonchev–Trinajstić information content (AvgIpc) is 3.34. The molecule has 8 rings (SSSR count). The molecule has 10 nitrogen and oxygen atoms in total. The molecular formula is C37H37N3O7. The van der Waals surface area contributed by atoms with Crippen LogP contribution in [0.1, 0.15) is 93.1 Å². The van der Waals surface area contributed by atoms with Crippen molar-refractivity contribution in [2.45, 2.75) is 50.9 Å². The van der Waals surface area contributed by atoms with Gasteiger partial charge in [-0.3, -0.25) is 9.59 Å².